The first-order valence-electron chi connectivity index (χ1n) is 7.56. The largest absolute Gasteiger partial charge is 0.368 e. The minimum absolute atomic E-state index is 0.0811. The molecule has 2 aromatic heterocycles. The number of amides is 1. The standard InChI is InChI=1S/C17H15ClFN5O/c18-14-9-12(19)3-4-13(14)17(25)21-6-5-20-15-10-16(23-11-22-15)24-7-1-2-8-24/h1-4,7-11H,5-6H2,(H,21,25)(H,20,22,23). The number of carbonyl (C=O) groups excluding carboxylic acids is 1. The van der Waals surface area contributed by atoms with Crippen molar-refractivity contribution < 1.29 is 9.18 Å². The van der Waals surface area contributed by atoms with E-state index in [2.05, 4.69) is 20.6 Å². The van der Waals surface area contributed by atoms with Crippen LogP contribution >= 0.6 is 11.6 Å². The van der Waals surface area contributed by atoms with E-state index in [9.17, 15) is 9.18 Å². The second-order valence-corrected chi connectivity index (χ2v) is 5.57. The average molecular weight is 360 g/mol. The zero-order valence-electron chi connectivity index (χ0n) is 13.1. The van der Waals surface area contributed by atoms with E-state index in [1.807, 2.05) is 29.1 Å². The topological polar surface area (TPSA) is 71.8 Å². The molecule has 3 aromatic rings. The van der Waals surface area contributed by atoms with Crippen molar-refractivity contribution in [3.8, 4) is 5.82 Å². The molecule has 3 rings (SSSR count). The van der Waals surface area contributed by atoms with Gasteiger partial charge in [0.05, 0.1) is 10.6 Å². The Bertz CT molecular complexity index is 869. The molecule has 8 heteroatoms. The molecule has 0 atom stereocenters. The third-order valence-electron chi connectivity index (χ3n) is 3.41. The van der Waals surface area contributed by atoms with Crippen LogP contribution < -0.4 is 10.6 Å². The van der Waals surface area contributed by atoms with Gasteiger partial charge in [-0.2, -0.15) is 0 Å². The molecule has 0 saturated heterocycles. The normalized spacial score (nSPS) is 10.5. The Labute approximate surface area is 148 Å². The number of carbonyl (C=O) groups is 1. The monoisotopic (exact) mass is 359 g/mol. The molecule has 2 heterocycles. The van der Waals surface area contributed by atoms with Crippen molar-refractivity contribution in [2.45, 2.75) is 0 Å². The van der Waals surface area contributed by atoms with Crippen LogP contribution in [-0.4, -0.2) is 33.5 Å². The molecular weight excluding hydrogens is 345 g/mol. The van der Waals surface area contributed by atoms with Crippen LogP contribution in [-0.2, 0) is 0 Å². The fourth-order valence-corrected chi connectivity index (χ4v) is 2.46. The summed E-state index contributed by atoms with van der Waals surface area (Å²) in [5.41, 5.74) is 0.236. The van der Waals surface area contributed by atoms with E-state index < -0.39 is 5.82 Å². The van der Waals surface area contributed by atoms with Crippen LogP contribution in [0, 0.1) is 5.82 Å². The highest BCUT2D eigenvalue weighted by atomic mass is 35.5. The molecule has 128 valence electrons. The van der Waals surface area contributed by atoms with E-state index in [-0.39, 0.29) is 16.5 Å². The lowest BCUT2D eigenvalue weighted by Crippen LogP contribution is -2.29. The lowest BCUT2D eigenvalue weighted by atomic mass is 10.2. The van der Waals surface area contributed by atoms with Crippen LogP contribution in [0.3, 0.4) is 0 Å². The first-order valence-corrected chi connectivity index (χ1v) is 7.94. The number of anilines is 1. The molecule has 2 N–H and O–H groups in total. The average Bonchev–Trinajstić information content (AvgIpc) is 3.13. The maximum atomic E-state index is 13.0. The quantitative estimate of drug-likeness (QED) is 0.664. The number of rotatable bonds is 6. The van der Waals surface area contributed by atoms with E-state index in [4.69, 9.17) is 11.6 Å². The number of halogens is 2. The van der Waals surface area contributed by atoms with E-state index in [0.29, 0.717) is 18.9 Å². The highest BCUT2D eigenvalue weighted by molar-refractivity contribution is 6.33. The van der Waals surface area contributed by atoms with Gasteiger partial charge in [0, 0.05) is 31.5 Å². The number of aromatic nitrogens is 3. The van der Waals surface area contributed by atoms with Gasteiger partial charge in [-0.3, -0.25) is 4.79 Å². The molecule has 0 unspecified atom stereocenters. The zero-order valence-corrected chi connectivity index (χ0v) is 13.9. The van der Waals surface area contributed by atoms with Crippen molar-refractivity contribution in [1.29, 1.82) is 0 Å². The molecule has 0 radical (unpaired) electrons. The van der Waals surface area contributed by atoms with Gasteiger partial charge in [-0.1, -0.05) is 11.6 Å². The molecule has 0 fully saturated rings. The smallest absolute Gasteiger partial charge is 0.252 e. The molecule has 25 heavy (non-hydrogen) atoms. The first kappa shape index (κ1) is 16.9. The summed E-state index contributed by atoms with van der Waals surface area (Å²) in [6, 6.07) is 9.28. The molecule has 0 aliphatic carbocycles. The Kier molecular flexibility index (Phi) is 5.25. The number of hydrogen-bond acceptors (Lipinski definition) is 4. The Balaban J connectivity index is 1.52. The van der Waals surface area contributed by atoms with Gasteiger partial charge in [0.15, 0.2) is 0 Å². The number of nitrogens with one attached hydrogen (secondary N) is 2. The second kappa shape index (κ2) is 7.76. The molecule has 0 spiro atoms. The fraction of sp³-hybridized carbons (Fsp3) is 0.118. The van der Waals surface area contributed by atoms with Gasteiger partial charge in [0.1, 0.15) is 23.8 Å². The predicted octanol–water partition coefficient (Wildman–Crippen LogP) is 2.90. The predicted molar refractivity (Wildman–Crippen MR) is 93.6 cm³/mol. The molecule has 0 aliphatic rings. The zero-order chi connectivity index (χ0) is 17.6. The maximum absolute atomic E-state index is 13.0. The van der Waals surface area contributed by atoms with Crippen LogP contribution in [0.2, 0.25) is 5.02 Å². The summed E-state index contributed by atoms with van der Waals surface area (Å²) in [5.74, 6) is 0.547. The maximum Gasteiger partial charge on any atom is 0.252 e. The molecule has 1 amide bonds. The lowest BCUT2D eigenvalue weighted by Gasteiger charge is -2.09. The number of nitrogens with zero attached hydrogens (tertiary/aromatic N) is 3. The van der Waals surface area contributed by atoms with Crippen LogP contribution in [0.1, 0.15) is 10.4 Å². The third kappa shape index (κ3) is 4.33. The highest BCUT2D eigenvalue weighted by Gasteiger charge is 2.10. The second-order valence-electron chi connectivity index (χ2n) is 5.16. The third-order valence-corrected chi connectivity index (χ3v) is 3.73. The molecular formula is C17H15ClFN5O. The van der Waals surface area contributed by atoms with Gasteiger partial charge in [-0.05, 0) is 30.3 Å². The van der Waals surface area contributed by atoms with Gasteiger partial charge in [0.2, 0.25) is 0 Å². The molecule has 0 bridgehead atoms. The summed E-state index contributed by atoms with van der Waals surface area (Å²) in [6.45, 7) is 0.822. The van der Waals surface area contributed by atoms with Gasteiger partial charge in [-0.15, -0.1) is 0 Å². The van der Waals surface area contributed by atoms with Crippen molar-refractivity contribution in [2.75, 3.05) is 18.4 Å². The Hall–Kier alpha value is -2.93. The first-order chi connectivity index (χ1) is 12.1. The fourth-order valence-electron chi connectivity index (χ4n) is 2.21. The van der Waals surface area contributed by atoms with Gasteiger partial charge in [-0.25, -0.2) is 14.4 Å². The summed E-state index contributed by atoms with van der Waals surface area (Å²) in [4.78, 5) is 20.4. The lowest BCUT2D eigenvalue weighted by molar-refractivity contribution is 0.0955. The van der Waals surface area contributed by atoms with Crippen molar-refractivity contribution >= 4 is 23.3 Å². The van der Waals surface area contributed by atoms with Crippen LogP contribution in [0.5, 0.6) is 0 Å². The summed E-state index contributed by atoms with van der Waals surface area (Å²) < 4.78 is 14.9. The summed E-state index contributed by atoms with van der Waals surface area (Å²) in [7, 11) is 0. The van der Waals surface area contributed by atoms with Crippen molar-refractivity contribution in [3.63, 3.8) is 0 Å². The van der Waals surface area contributed by atoms with E-state index in [0.717, 1.165) is 11.9 Å². The van der Waals surface area contributed by atoms with Gasteiger partial charge >= 0.3 is 0 Å². The Morgan fingerprint density at radius 2 is 1.96 bits per heavy atom. The van der Waals surface area contributed by atoms with Crippen molar-refractivity contribution in [2.24, 2.45) is 0 Å². The SMILES string of the molecule is O=C(NCCNc1cc(-n2cccc2)ncn1)c1ccc(F)cc1Cl. The highest BCUT2D eigenvalue weighted by Crippen LogP contribution is 2.16. The van der Waals surface area contributed by atoms with E-state index >= 15 is 0 Å². The molecule has 1 aromatic carbocycles. The molecule has 6 nitrogen and oxygen atoms in total. The van der Waals surface area contributed by atoms with E-state index in [1.54, 1.807) is 6.07 Å². The Morgan fingerprint density at radius 3 is 2.72 bits per heavy atom. The number of benzene rings is 1. The van der Waals surface area contributed by atoms with E-state index in [1.165, 1.54) is 18.5 Å². The summed E-state index contributed by atoms with van der Waals surface area (Å²) in [6.07, 6.45) is 5.24. The summed E-state index contributed by atoms with van der Waals surface area (Å²) in [5, 5.41) is 5.90. The minimum atomic E-state index is -0.481. The van der Waals surface area contributed by atoms with Crippen LogP contribution in [0.4, 0.5) is 10.2 Å². The minimum Gasteiger partial charge on any atom is -0.368 e. The van der Waals surface area contributed by atoms with Crippen molar-refractivity contribution in [1.82, 2.24) is 19.9 Å². The van der Waals surface area contributed by atoms with Crippen molar-refractivity contribution in [3.05, 3.63) is 71.5 Å². The van der Waals surface area contributed by atoms with Gasteiger partial charge in [0.25, 0.3) is 5.91 Å². The number of hydrogen-bond donors (Lipinski definition) is 2. The Morgan fingerprint density at radius 1 is 1.16 bits per heavy atom. The molecule has 0 saturated carbocycles. The summed E-state index contributed by atoms with van der Waals surface area (Å²) >= 11 is 5.86. The van der Waals surface area contributed by atoms with Crippen LogP contribution in [0.25, 0.3) is 5.82 Å². The van der Waals surface area contributed by atoms with Crippen LogP contribution in [0.15, 0.2) is 55.1 Å². The molecule has 0 aliphatic heterocycles. The van der Waals surface area contributed by atoms with Gasteiger partial charge < -0.3 is 15.2 Å².